The summed E-state index contributed by atoms with van der Waals surface area (Å²) in [6.07, 6.45) is 7.39. The second kappa shape index (κ2) is 6.02. The molecule has 116 valence electrons. The molecule has 0 bridgehead atoms. The van der Waals surface area contributed by atoms with Gasteiger partial charge in [0.25, 0.3) is 0 Å². The van der Waals surface area contributed by atoms with Crippen LogP contribution >= 0.6 is 15.9 Å². The van der Waals surface area contributed by atoms with Crippen molar-refractivity contribution in [1.82, 2.24) is 4.90 Å². The van der Waals surface area contributed by atoms with Crippen LogP contribution in [0.4, 0.5) is 0 Å². The third kappa shape index (κ3) is 2.69. The first-order chi connectivity index (χ1) is 10.1. The molecule has 1 aliphatic heterocycles. The van der Waals surface area contributed by atoms with E-state index in [9.17, 15) is 0 Å². The van der Waals surface area contributed by atoms with Crippen molar-refractivity contribution in [3.63, 3.8) is 0 Å². The predicted octanol–water partition coefficient (Wildman–Crippen LogP) is 3.90. The molecule has 0 radical (unpaired) electrons. The number of rotatable bonds is 3. The molecule has 2 aliphatic rings. The highest BCUT2D eigenvalue weighted by atomic mass is 79.9. The number of nitrogens with two attached hydrogens (primary N) is 1. The summed E-state index contributed by atoms with van der Waals surface area (Å²) < 4.78 is 1.20. The van der Waals surface area contributed by atoms with Gasteiger partial charge in [-0.2, -0.15) is 0 Å². The zero-order chi connectivity index (χ0) is 15.0. The maximum Gasteiger partial charge on any atom is 0.0380 e. The zero-order valence-corrected chi connectivity index (χ0v) is 14.8. The summed E-state index contributed by atoms with van der Waals surface area (Å²) in [6.45, 7) is 5.50. The number of hydrogen-bond acceptors (Lipinski definition) is 2. The van der Waals surface area contributed by atoms with Crippen molar-refractivity contribution in [2.45, 2.75) is 70.0 Å². The number of fused-ring (bicyclic) bond motifs is 1. The minimum absolute atomic E-state index is 0.178. The van der Waals surface area contributed by atoms with Crippen molar-refractivity contribution in [3.8, 4) is 0 Å². The molecule has 3 atom stereocenters. The van der Waals surface area contributed by atoms with E-state index in [1.807, 2.05) is 0 Å². The molecule has 0 spiro atoms. The summed E-state index contributed by atoms with van der Waals surface area (Å²) in [7, 11) is 0. The van der Waals surface area contributed by atoms with E-state index in [1.165, 1.54) is 41.3 Å². The number of aryl methyl sites for hydroxylation is 1. The molecule has 1 saturated heterocycles. The molecule has 0 aromatic heterocycles. The number of likely N-dealkylation sites (tertiary alicyclic amines) is 1. The summed E-state index contributed by atoms with van der Waals surface area (Å²) in [5.74, 6) is 0. The molecule has 3 unspecified atom stereocenters. The Bertz CT molecular complexity index is 516. The fourth-order valence-corrected chi connectivity index (χ4v) is 5.05. The quantitative estimate of drug-likeness (QED) is 0.895. The fraction of sp³-hybridized carbons (Fsp3) is 0.667. The monoisotopic (exact) mass is 350 g/mol. The van der Waals surface area contributed by atoms with Crippen molar-refractivity contribution in [2.24, 2.45) is 5.73 Å². The highest BCUT2D eigenvalue weighted by Gasteiger charge is 2.45. The Kier molecular flexibility index (Phi) is 4.45. The van der Waals surface area contributed by atoms with E-state index in [4.69, 9.17) is 5.73 Å². The van der Waals surface area contributed by atoms with Crippen LogP contribution in [0, 0.1) is 0 Å². The largest absolute Gasteiger partial charge is 0.329 e. The van der Waals surface area contributed by atoms with Crippen LogP contribution in [-0.2, 0) is 12.8 Å². The third-order valence-electron chi connectivity index (χ3n) is 5.73. The fourth-order valence-electron chi connectivity index (χ4n) is 4.64. The van der Waals surface area contributed by atoms with Crippen molar-refractivity contribution in [3.05, 3.63) is 33.8 Å². The van der Waals surface area contributed by atoms with Gasteiger partial charge in [0.05, 0.1) is 0 Å². The zero-order valence-electron chi connectivity index (χ0n) is 13.2. The van der Waals surface area contributed by atoms with Crippen LogP contribution < -0.4 is 5.73 Å². The first kappa shape index (κ1) is 15.5. The lowest BCUT2D eigenvalue weighted by Gasteiger charge is -2.49. The lowest BCUT2D eigenvalue weighted by molar-refractivity contribution is 0.0343. The van der Waals surface area contributed by atoms with Crippen LogP contribution in [0.3, 0.4) is 0 Å². The van der Waals surface area contributed by atoms with E-state index in [1.54, 1.807) is 0 Å². The number of halogens is 1. The Balaban J connectivity index is 1.93. The first-order valence-electron chi connectivity index (χ1n) is 8.35. The Morgan fingerprint density at radius 3 is 2.86 bits per heavy atom. The van der Waals surface area contributed by atoms with Gasteiger partial charge in [0.2, 0.25) is 0 Å². The maximum absolute atomic E-state index is 6.33. The van der Waals surface area contributed by atoms with Crippen molar-refractivity contribution in [2.75, 3.05) is 6.54 Å². The Morgan fingerprint density at radius 1 is 1.33 bits per heavy atom. The molecule has 0 amide bonds. The van der Waals surface area contributed by atoms with Crippen molar-refractivity contribution < 1.29 is 0 Å². The van der Waals surface area contributed by atoms with Crippen LogP contribution in [0.2, 0.25) is 0 Å². The molecular formula is C18H27BrN2. The molecule has 21 heavy (non-hydrogen) atoms. The van der Waals surface area contributed by atoms with Crippen molar-refractivity contribution in [1.29, 1.82) is 0 Å². The minimum atomic E-state index is 0.178. The number of nitrogens with zero attached hydrogens (tertiary/aromatic N) is 1. The summed E-state index contributed by atoms with van der Waals surface area (Å²) >= 11 is 3.60. The van der Waals surface area contributed by atoms with Gasteiger partial charge in [0, 0.05) is 28.6 Å². The van der Waals surface area contributed by atoms with Crippen molar-refractivity contribution >= 4 is 15.9 Å². The van der Waals surface area contributed by atoms with Gasteiger partial charge in [-0.05, 0) is 68.7 Å². The average molecular weight is 351 g/mol. The van der Waals surface area contributed by atoms with E-state index in [0.29, 0.717) is 6.04 Å². The van der Waals surface area contributed by atoms with Gasteiger partial charge >= 0.3 is 0 Å². The van der Waals surface area contributed by atoms with E-state index >= 15 is 0 Å². The lowest BCUT2D eigenvalue weighted by atomic mass is 9.76. The average Bonchev–Trinajstić information content (AvgIpc) is 2.88. The van der Waals surface area contributed by atoms with Gasteiger partial charge in [0.15, 0.2) is 0 Å². The van der Waals surface area contributed by atoms with Gasteiger partial charge < -0.3 is 5.73 Å². The summed E-state index contributed by atoms with van der Waals surface area (Å²) in [5.41, 5.74) is 9.52. The summed E-state index contributed by atoms with van der Waals surface area (Å²) in [6, 6.07) is 8.16. The molecule has 1 fully saturated rings. The summed E-state index contributed by atoms with van der Waals surface area (Å²) in [5, 5.41) is 0. The number of hydrogen-bond donors (Lipinski definition) is 1. The van der Waals surface area contributed by atoms with E-state index in [-0.39, 0.29) is 5.54 Å². The van der Waals surface area contributed by atoms with E-state index in [0.717, 1.165) is 25.4 Å². The van der Waals surface area contributed by atoms with Crippen LogP contribution in [0.25, 0.3) is 0 Å². The summed E-state index contributed by atoms with van der Waals surface area (Å²) in [4.78, 5) is 2.79. The number of benzene rings is 1. The van der Waals surface area contributed by atoms with Gasteiger partial charge in [-0.3, -0.25) is 4.90 Å². The Hall–Kier alpha value is -0.380. The molecule has 1 heterocycles. The Morgan fingerprint density at radius 2 is 2.14 bits per heavy atom. The lowest BCUT2D eigenvalue weighted by Crippen LogP contribution is -2.60. The Labute approximate surface area is 137 Å². The van der Waals surface area contributed by atoms with E-state index in [2.05, 4.69) is 52.9 Å². The van der Waals surface area contributed by atoms with Gasteiger partial charge in [-0.25, -0.2) is 0 Å². The smallest absolute Gasteiger partial charge is 0.0380 e. The normalized spacial score (nSPS) is 33.1. The van der Waals surface area contributed by atoms with Gasteiger partial charge in [-0.15, -0.1) is 0 Å². The highest BCUT2D eigenvalue weighted by molar-refractivity contribution is 9.10. The minimum Gasteiger partial charge on any atom is -0.329 e. The van der Waals surface area contributed by atoms with Crippen LogP contribution in [-0.4, -0.2) is 29.1 Å². The van der Waals surface area contributed by atoms with Crippen LogP contribution in [0.1, 0.15) is 50.7 Å². The third-order valence-corrected chi connectivity index (χ3v) is 6.23. The molecular weight excluding hydrogens is 324 g/mol. The molecule has 3 heteroatoms. The molecule has 2 N–H and O–H groups in total. The molecule has 1 aliphatic carbocycles. The topological polar surface area (TPSA) is 29.3 Å². The molecule has 1 aromatic rings. The molecule has 1 aromatic carbocycles. The standard InChI is InChI=1S/C18H27BrN2/c1-3-17-7-4-13(2)21(17)18(12-20)9-8-14-10-16(19)6-5-15(14)11-18/h5-6,10,13,17H,3-4,7-9,11-12,20H2,1-2H3. The second-order valence-corrected chi connectivity index (χ2v) is 7.83. The molecule has 3 rings (SSSR count). The predicted molar refractivity (Wildman–Crippen MR) is 92.6 cm³/mol. The van der Waals surface area contributed by atoms with Gasteiger partial charge in [-0.1, -0.05) is 28.9 Å². The maximum atomic E-state index is 6.33. The van der Waals surface area contributed by atoms with Crippen LogP contribution in [0.5, 0.6) is 0 Å². The molecule has 2 nitrogen and oxygen atoms in total. The van der Waals surface area contributed by atoms with Crippen LogP contribution in [0.15, 0.2) is 22.7 Å². The first-order valence-corrected chi connectivity index (χ1v) is 9.15. The van der Waals surface area contributed by atoms with Gasteiger partial charge in [0.1, 0.15) is 0 Å². The highest BCUT2D eigenvalue weighted by Crippen LogP contribution is 2.41. The van der Waals surface area contributed by atoms with E-state index < -0.39 is 0 Å². The second-order valence-electron chi connectivity index (χ2n) is 6.91. The molecule has 0 saturated carbocycles. The SMILES string of the molecule is CCC1CCC(C)N1C1(CN)CCc2cc(Br)ccc2C1.